The number of methoxy groups -OCH3 is 1. The van der Waals surface area contributed by atoms with Gasteiger partial charge in [0.25, 0.3) is 5.91 Å². The van der Waals surface area contributed by atoms with Crippen LogP contribution in [-0.4, -0.2) is 29.3 Å². The van der Waals surface area contributed by atoms with Gasteiger partial charge in [-0.15, -0.1) is 0 Å². The van der Waals surface area contributed by atoms with Crippen LogP contribution in [0.25, 0.3) is 21.0 Å². The van der Waals surface area contributed by atoms with Gasteiger partial charge in [0.1, 0.15) is 5.75 Å². The lowest BCUT2D eigenvalue weighted by Gasteiger charge is -2.06. The molecule has 0 aliphatic rings. The normalized spacial score (nSPS) is 12.1. The summed E-state index contributed by atoms with van der Waals surface area (Å²) in [4.78, 5) is 17.7. The first kappa shape index (κ1) is 17.5. The molecule has 0 saturated carbocycles. The largest absolute Gasteiger partial charge is 0.506 e. The van der Waals surface area contributed by atoms with Crippen molar-refractivity contribution in [2.24, 2.45) is 4.99 Å². The SMILES string of the molecule is COCCn1/c(=N/C(=O)c2ccc3ccccc3c2O)sc2ccccc21. The fourth-order valence-electron chi connectivity index (χ4n) is 3.08. The van der Waals surface area contributed by atoms with Crippen molar-refractivity contribution in [3.8, 4) is 5.75 Å². The number of hydrogen-bond donors (Lipinski definition) is 1. The van der Waals surface area contributed by atoms with Crippen molar-refractivity contribution in [3.63, 3.8) is 0 Å². The van der Waals surface area contributed by atoms with Crippen LogP contribution in [0.15, 0.2) is 65.7 Å². The van der Waals surface area contributed by atoms with Gasteiger partial charge in [-0.25, -0.2) is 0 Å². The fraction of sp³-hybridized carbons (Fsp3) is 0.143. The number of amides is 1. The highest BCUT2D eigenvalue weighted by molar-refractivity contribution is 7.16. The second kappa shape index (κ2) is 7.34. The minimum absolute atomic E-state index is 0.0357. The number of phenols is 1. The highest BCUT2D eigenvalue weighted by Crippen LogP contribution is 2.29. The summed E-state index contributed by atoms with van der Waals surface area (Å²) in [5.74, 6) is -0.498. The second-order valence-electron chi connectivity index (χ2n) is 6.10. The van der Waals surface area contributed by atoms with Crippen LogP contribution in [0.3, 0.4) is 0 Å². The highest BCUT2D eigenvalue weighted by atomic mass is 32.1. The summed E-state index contributed by atoms with van der Waals surface area (Å²) >= 11 is 1.45. The average Bonchev–Trinajstić information content (AvgIpc) is 3.03. The third kappa shape index (κ3) is 3.25. The molecule has 1 N–H and O–H groups in total. The highest BCUT2D eigenvalue weighted by Gasteiger charge is 2.14. The molecule has 1 heterocycles. The van der Waals surface area contributed by atoms with E-state index in [1.807, 2.05) is 53.1 Å². The Kier molecular flexibility index (Phi) is 4.75. The Morgan fingerprint density at radius 2 is 1.89 bits per heavy atom. The number of phenolic OH excluding ortho intramolecular Hbond substituents is 1. The summed E-state index contributed by atoms with van der Waals surface area (Å²) in [7, 11) is 1.64. The monoisotopic (exact) mass is 378 g/mol. The lowest BCUT2D eigenvalue weighted by atomic mass is 10.1. The lowest BCUT2D eigenvalue weighted by molar-refractivity contribution is 0.0995. The number of thiazole rings is 1. The Morgan fingerprint density at radius 3 is 2.74 bits per heavy atom. The molecule has 4 rings (SSSR count). The van der Waals surface area contributed by atoms with Gasteiger partial charge >= 0.3 is 0 Å². The van der Waals surface area contributed by atoms with E-state index in [-0.39, 0.29) is 11.3 Å². The van der Waals surface area contributed by atoms with E-state index in [9.17, 15) is 9.90 Å². The Bertz CT molecular complexity index is 1210. The van der Waals surface area contributed by atoms with Gasteiger partial charge in [-0.1, -0.05) is 53.8 Å². The number of para-hydroxylation sites is 1. The number of ether oxygens (including phenoxy) is 1. The van der Waals surface area contributed by atoms with Gasteiger partial charge in [0, 0.05) is 19.0 Å². The van der Waals surface area contributed by atoms with Crippen LogP contribution < -0.4 is 4.80 Å². The molecule has 5 nitrogen and oxygen atoms in total. The van der Waals surface area contributed by atoms with Crippen LogP contribution in [-0.2, 0) is 11.3 Å². The summed E-state index contributed by atoms with van der Waals surface area (Å²) in [6, 6.07) is 18.8. The summed E-state index contributed by atoms with van der Waals surface area (Å²) in [5.41, 5.74) is 1.21. The minimum Gasteiger partial charge on any atom is -0.506 e. The zero-order valence-corrected chi connectivity index (χ0v) is 15.6. The molecule has 27 heavy (non-hydrogen) atoms. The maximum Gasteiger partial charge on any atom is 0.283 e. The third-order valence-corrected chi connectivity index (χ3v) is 5.49. The molecule has 0 fully saturated rings. The predicted molar refractivity (Wildman–Crippen MR) is 107 cm³/mol. The van der Waals surface area contributed by atoms with Crippen molar-refractivity contribution in [2.75, 3.05) is 13.7 Å². The maximum atomic E-state index is 12.8. The Hall–Kier alpha value is -2.96. The smallest absolute Gasteiger partial charge is 0.283 e. The Labute approximate surface area is 159 Å². The van der Waals surface area contributed by atoms with Crippen molar-refractivity contribution in [2.45, 2.75) is 6.54 Å². The third-order valence-electron chi connectivity index (χ3n) is 4.44. The van der Waals surface area contributed by atoms with E-state index in [2.05, 4.69) is 4.99 Å². The molecule has 1 aromatic heterocycles. The molecule has 0 saturated heterocycles. The fourth-order valence-corrected chi connectivity index (χ4v) is 4.13. The number of aromatic hydroxyl groups is 1. The number of nitrogens with zero attached hydrogens (tertiary/aromatic N) is 2. The van der Waals surface area contributed by atoms with Gasteiger partial charge in [0.05, 0.1) is 22.4 Å². The molecule has 0 unspecified atom stereocenters. The van der Waals surface area contributed by atoms with Crippen molar-refractivity contribution in [1.29, 1.82) is 0 Å². The standard InChI is InChI=1S/C21H18N2O3S/c1-26-13-12-23-17-8-4-5-9-18(17)27-21(23)22-20(25)16-11-10-14-6-2-3-7-15(14)19(16)24/h2-11,24H,12-13H2,1H3/b22-21-. The topological polar surface area (TPSA) is 63.8 Å². The van der Waals surface area contributed by atoms with E-state index >= 15 is 0 Å². The number of rotatable bonds is 4. The Balaban J connectivity index is 1.84. The first-order chi connectivity index (χ1) is 13.2. The van der Waals surface area contributed by atoms with Gasteiger partial charge in [-0.05, 0) is 23.6 Å². The zero-order valence-electron chi connectivity index (χ0n) is 14.8. The molecule has 1 amide bonds. The molecule has 3 aromatic carbocycles. The average molecular weight is 378 g/mol. The van der Waals surface area contributed by atoms with E-state index in [1.54, 1.807) is 19.2 Å². The number of carbonyl (C=O) groups is 1. The second-order valence-corrected chi connectivity index (χ2v) is 7.11. The molecule has 0 aliphatic heterocycles. The molecule has 6 heteroatoms. The molecule has 0 spiro atoms. The van der Waals surface area contributed by atoms with E-state index in [1.165, 1.54) is 11.3 Å². The van der Waals surface area contributed by atoms with Crippen LogP contribution in [0.2, 0.25) is 0 Å². The molecular formula is C21H18N2O3S. The first-order valence-electron chi connectivity index (χ1n) is 8.56. The number of aromatic nitrogens is 1. The predicted octanol–water partition coefficient (Wildman–Crippen LogP) is 3.95. The summed E-state index contributed by atoms with van der Waals surface area (Å²) in [5, 5.41) is 12.1. The number of hydrogen-bond acceptors (Lipinski definition) is 4. The van der Waals surface area contributed by atoms with E-state index in [4.69, 9.17) is 4.74 Å². The van der Waals surface area contributed by atoms with Crippen molar-refractivity contribution in [1.82, 2.24) is 4.57 Å². The number of benzene rings is 3. The van der Waals surface area contributed by atoms with Crippen LogP contribution in [0.4, 0.5) is 0 Å². The quantitative estimate of drug-likeness (QED) is 0.585. The van der Waals surface area contributed by atoms with Crippen molar-refractivity contribution < 1.29 is 14.6 Å². The van der Waals surface area contributed by atoms with E-state index in [0.29, 0.717) is 23.3 Å². The van der Waals surface area contributed by atoms with E-state index in [0.717, 1.165) is 15.6 Å². The molecule has 0 radical (unpaired) electrons. The van der Waals surface area contributed by atoms with Gasteiger partial charge in [-0.3, -0.25) is 4.79 Å². The first-order valence-corrected chi connectivity index (χ1v) is 9.38. The van der Waals surface area contributed by atoms with Crippen LogP contribution in [0, 0.1) is 0 Å². The molecule has 0 bridgehead atoms. The summed E-state index contributed by atoms with van der Waals surface area (Å²) in [6.07, 6.45) is 0. The summed E-state index contributed by atoms with van der Waals surface area (Å²) < 4.78 is 8.21. The van der Waals surface area contributed by atoms with Gasteiger partial charge in [0.15, 0.2) is 4.80 Å². The van der Waals surface area contributed by atoms with Gasteiger partial charge < -0.3 is 14.4 Å². The van der Waals surface area contributed by atoms with Crippen LogP contribution in [0.1, 0.15) is 10.4 Å². The molecular weight excluding hydrogens is 360 g/mol. The summed E-state index contributed by atoms with van der Waals surface area (Å²) in [6.45, 7) is 1.11. The van der Waals surface area contributed by atoms with Gasteiger partial charge in [0.2, 0.25) is 0 Å². The van der Waals surface area contributed by atoms with E-state index < -0.39 is 5.91 Å². The zero-order chi connectivity index (χ0) is 18.8. The number of fused-ring (bicyclic) bond motifs is 2. The molecule has 0 atom stereocenters. The Morgan fingerprint density at radius 1 is 1.11 bits per heavy atom. The molecule has 4 aromatic rings. The minimum atomic E-state index is -0.462. The lowest BCUT2D eigenvalue weighted by Crippen LogP contribution is -2.19. The molecule has 0 aliphatic carbocycles. The van der Waals surface area contributed by atoms with Crippen LogP contribution >= 0.6 is 11.3 Å². The van der Waals surface area contributed by atoms with Crippen molar-refractivity contribution in [3.05, 3.63) is 71.0 Å². The van der Waals surface area contributed by atoms with Gasteiger partial charge in [-0.2, -0.15) is 4.99 Å². The van der Waals surface area contributed by atoms with Crippen LogP contribution in [0.5, 0.6) is 5.75 Å². The van der Waals surface area contributed by atoms with Crippen molar-refractivity contribution >= 4 is 38.2 Å². The molecule has 136 valence electrons. The maximum absolute atomic E-state index is 12.8. The number of carbonyl (C=O) groups excluding carboxylic acids is 1.